The Bertz CT molecular complexity index is 825. The van der Waals surface area contributed by atoms with Crippen molar-refractivity contribution in [3.8, 4) is 11.5 Å². The second kappa shape index (κ2) is 7.35. The molecule has 0 aliphatic rings. The molecule has 0 aliphatic heterocycles. The Morgan fingerprint density at radius 1 is 1.08 bits per heavy atom. The van der Waals surface area contributed by atoms with Gasteiger partial charge in [-0.2, -0.15) is 8.42 Å². The van der Waals surface area contributed by atoms with Crippen LogP contribution in [0, 0.1) is 6.92 Å². The molecule has 0 spiro atoms. The maximum Gasteiger partial charge on any atom is 0.342 e. The molecular weight excluding hydrogens is 332 g/mol. The van der Waals surface area contributed by atoms with Gasteiger partial charge in [-0.05, 0) is 38.1 Å². The van der Waals surface area contributed by atoms with E-state index < -0.39 is 16.1 Å². The lowest BCUT2D eigenvalue weighted by Gasteiger charge is -2.14. The second-order valence-corrected chi connectivity index (χ2v) is 6.45. The molecule has 0 saturated heterocycles. The number of hydrogen-bond acceptors (Lipinski definition) is 6. The summed E-state index contributed by atoms with van der Waals surface area (Å²) in [5.41, 5.74) is 0.894. The van der Waals surface area contributed by atoms with Crippen molar-refractivity contribution in [2.24, 2.45) is 0 Å². The average Bonchev–Trinajstić information content (AvgIpc) is 2.55. The highest BCUT2D eigenvalue weighted by molar-refractivity contribution is 7.87. The topological polar surface area (TPSA) is 78.9 Å². The van der Waals surface area contributed by atoms with Crippen LogP contribution in [-0.2, 0) is 14.9 Å². The third kappa shape index (κ3) is 3.86. The standard InChI is InChI=1S/C17H18O6S/c1-4-22-17(18)14-6-5-7-15(21-3)16(14)23-24(19,20)13-10-8-12(2)9-11-13/h5-11H,4H2,1-3H3. The van der Waals surface area contributed by atoms with Gasteiger partial charge in [-0.25, -0.2) is 4.79 Å². The summed E-state index contributed by atoms with van der Waals surface area (Å²) >= 11 is 0. The molecule has 0 aliphatic carbocycles. The summed E-state index contributed by atoms with van der Waals surface area (Å²) in [6, 6.07) is 10.7. The molecule has 6 nitrogen and oxygen atoms in total. The van der Waals surface area contributed by atoms with E-state index in [1.54, 1.807) is 25.1 Å². The zero-order valence-corrected chi connectivity index (χ0v) is 14.4. The largest absolute Gasteiger partial charge is 0.493 e. The van der Waals surface area contributed by atoms with Gasteiger partial charge in [0.1, 0.15) is 10.5 Å². The van der Waals surface area contributed by atoms with Gasteiger partial charge in [0.2, 0.25) is 0 Å². The van der Waals surface area contributed by atoms with Gasteiger partial charge in [-0.3, -0.25) is 0 Å². The zero-order valence-electron chi connectivity index (χ0n) is 13.6. The molecule has 0 fully saturated rings. The van der Waals surface area contributed by atoms with Gasteiger partial charge in [0.15, 0.2) is 11.5 Å². The van der Waals surface area contributed by atoms with Crippen LogP contribution in [-0.4, -0.2) is 28.1 Å². The molecule has 0 saturated carbocycles. The van der Waals surface area contributed by atoms with Crippen LogP contribution in [0.2, 0.25) is 0 Å². The normalized spacial score (nSPS) is 11.0. The smallest absolute Gasteiger partial charge is 0.342 e. The van der Waals surface area contributed by atoms with Gasteiger partial charge in [0.25, 0.3) is 0 Å². The summed E-state index contributed by atoms with van der Waals surface area (Å²) in [6.07, 6.45) is 0. The molecule has 128 valence electrons. The van der Waals surface area contributed by atoms with Crippen LogP contribution >= 0.6 is 0 Å². The van der Waals surface area contributed by atoms with E-state index in [4.69, 9.17) is 13.7 Å². The van der Waals surface area contributed by atoms with Crippen molar-refractivity contribution in [2.45, 2.75) is 18.7 Å². The number of ether oxygens (including phenoxy) is 2. The van der Waals surface area contributed by atoms with Crippen molar-refractivity contribution in [1.82, 2.24) is 0 Å². The van der Waals surface area contributed by atoms with Gasteiger partial charge in [0.05, 0.1) is 13.7 Å². The van der Waals surface area contributed by atoms with E-state index in [-0.39, 0.29) is 28.6 Å². The van der Waals surface area contributed by atoms with E-state index in [0.717, 1.165) is 5.56 Å². The van der Waals surface area contributed by atoms with Crippen LogP contribution in [0.3, 0.4) is 0 Å². The van der Waals surface area contributed by atoms with Crippen LogP contribution in [0.5, 0.6) is 11.5 Å². The van der Waals surface area contributed by atoms with Crippen molar-refractivity contribution in [1.29, 1.82) is 0 Å². The van der Waals surface area contributed by atoms with Gasteiger partial charge in [-0.15, -0.1) is 0 Å². The van der Waals surface area contributed by atoms with Gasteiger partial charge >= 0.3 is 16.1 Å². The summed E-state index contributed by atoms with van der Waals surface area (Å²) < 4.78 is 40.2. The molecule has 0 aromatic heterocycles. The first kappa shape index (κ1) is 17.8. The molecule has 0 radical (unpaired) electrons. The Balaban J connectivity index is 2.47. The summed E-state index contributed by atoms with van der Waals surface area (Å²) in [4.78, 5) is 12.0. The zero-order chi connectivity index (χ0) is 17.7. The highest BCUT2D eigenvalue weighted by Crippen LogP contribution is 2.34. The van der Waals surface area contributed by atoms with E-state index in [2.05, 4.69) is 0 Å². The molecule has 2 rings (SSSR count). The maximum atomic E-state index is 12.5. The number of aryl methyl sites for hydroxylation is 1. The van der Waals surface area contributed by atoms with Crippen LogP contribution in [0.15, 0.2) is 47.4 Å². The minimum absolute atomic E-state index is 0.0196. The summed E-state index contributed by atoms with van der Waals surface area (Å²) in [5.74, 6) is -0.763. The first-order valence-electron chi connectivity index (χ1n) is 7.24. The first-order chi connectivity index (χ1) is 11.4. The monoisotopic (exact) mass is 350 g/mol. The van der Waals surface area contributed by atoms with Crippen molar-refractivity contribution in [3.63, 3.8) is 0 Å². The third-order valence-electron chi connectivity index (χ3n) is 3.20. The molecule has 2 aromatic rings. The summed E-state index contributed by atoms with van der Waals surface area (Å²) in [7, 11) is -2.76. The molecule has 0 N–H and O–H groups in total. The second-order valence-electron chi connectivity index (χ2n) is 4.91. The lowest BCUT2D eigenvalue weighted by molar-refractivity contribution is 0.0524. The molecule has 0 atom stereocenters. The Morgan fingerprint density at radius 3 is 2.33 bits per heavy atom. The maximum absolute atomic E-state index is 12.5. The minimum Gasteiger partial charge on any atom is -0.493 e. The Morgan fingerprint density at radius 2 is 1.75 bits per heavy atom. The lowest BCUT2D eigenvalue weighted by atomic mass is 10.2. The molecule has 2 aromatic carbocycles. The highest BCUT2D eigenvalue weighted by Gasteiger charge is 2.25. The molecule has 0 unspecified atom stereocenters. The molecule has 0 heterocycles. The van der Waals surface area contributed by atoms with E-state index in [9.17, 15) is 13.2 Å². The molecule has 0 bridgehead atoms. The Hall–Kier alpha value is -2.54. The molecule has 7 heteroatoms. The fraction of sp³-hybridized carbons (Fsp3) is 0.235. The van der Waals surface area contributed by atoms with Crippen molar-refractivity contribution < 1.29 is 26.9 Å². The quantitative estimate of drug-likeness (QED) is 0.589. The molecule has 0 amide bonds. The van der Waals surface area contributed by atoms with Crippen LogP contribution in [0.4, 0.5) is 0 Å². The fourth-order valence-electron chi connectivity index (χ4n) is 1.99. The molecular formula is C17H18O6S. The third-order valence-corrected chi connectivity index (χ3v) is 4.43. The number of hydrogen-bond donors (Lipinski definition) is 0. The van der Waals surface area contributed by atoms with Crippen molar-refractivity contribution in [2.75, 3.05) is 13.7 Å². The van der Waals surface area contributed by atoms with E-state index in [1.807, 2.05) is 6.92 Å². The SMILES string of the molecule is CCOC(=O)c1cccc(OC)c1OS(=O)(=O)c1ccc(C)cc1. The average molecular weight is 350 g/mol. The first-order valence-corrected chi connectivity index (χ1v) is 8.65. The van der Waals surface area contributed by atoms with Crippen molar-refractivity contribution in [3.05, 3.63) is 53.6 Å². The fourth-order valence-corrected chi connectivity index (χ4v) is 2.95. The number of carbonyl (C=O) groups excluding carboxylic acids is 1. The van der Waals surface area contributed by atoms with E-state index in [0.29, 0.717) is 0 Å². The number of benzene rings is 2. The number of para-hydroxylation sites is 1. The summed E-state index contributed by atoms with van der Waals surface area (Å²) in [6.45, 7) is 3.65. The predicted octanol–water partition coefficient (Wildman–Crippen LogP) is 2.95. The Labute approximate surface area is 141 Å². The van der Waals surface area contributed by atoms with Gasteiger partial charge in [0, 0.05) is 0 Å². The van der Waals surface area contributed by atoms with E-state index in [1.165, 1.54) is 31.4 Å². The number of methoxy groups -OCH3 is 1. The van der Waals surface area contributed by atoms with Crippen LogP contribution in [0.25, 0.3) is 0 Å². The number of esters is 1. The lowest BCUT2D eigenvalue weighted by Crippen LogP contribution is -2.14. The number of carbonyl (C=O) groups is 1. The van der Waals surface area contributed by atoms with Crippen LogP contribution < -0.4 is 8.92 Å². The highest BCUT2D eigenvalue weighted by atomic mass is 32.2. The van der Waals surface area contributed by atoms with Crippen molar-refractivity contribution >= 4 is 16.1 Å². The minimum atomic E-state index is -4.12. The van der Waals surface area contributed by atoms with Gasteiger partial charge in [-0.1, -0.05) is 23.8 Å². The van der Waals surface area contributed by atoms with Crippen LogP contribution in [0.1, 0.15) is 22.8 Å². The van der Waals surface area contributed by atoms with Gasteiger partial charge < -0.3 is 13.7 Å². The summed E-state index contributed by atoms with van der Waals surface area (Å²) in [5, 5.41) is 0. The number of rotatable bonds is 6. The van der Waals surface area contributed by atoms with E-state index >= 15 is 0 Å². The predicted molar refractivity (Wildman–Crippen MR) is 87.9 cm³/mol. The molecule has 24 heavy (non-hydrogen) atoms. The Kier molecular flexibility index (Phi) is 5.46.